The number of carbonyl (C=O) groups excluding carboxylic acids is 1. The number of carbonyl (C=O) groups is 1. The molecule has 1 aliphatic heterocycles. The number of sulfonamides is 1. The Morgan fingerprint density at radius 3 is 2.25 bits per heavy atom. The number of hydrazone groups is 1. The average molecular weight is 525 g/mol. The van der Waals surface area contributed by atoms with Gasteiger partial charge in [0.25, 0.3) is 5.91 Å². The molecule has 1 fully saturated rings. The van der Waals surface area contributed by atoms with Gasteiger partial charge in [-0.15, -0.1) is 0 Å². The van der Waals surface area contributed by atoms with Gasteiger partial charge in [0.15, 0.2) is 0 Å². The predicted octanol–water partition coefficient (Wildman–Crippen LogP) is 4.69. The van der Waals surface area contributed by atoms with Gasteiger partial charge in [0, 0.05) is 48.8 Å². The molecule has 0 radical (unpaired) electrons. The van der Waals surface area contributed by atoms with Crippen molar-refractivity contribution in [3.05, 3.63) is 101 Å². The Morgan fingerprint density at radius 1 is 0.972 bits per heavy atom. The van der Waals surface area contributed by atoms with E-state index in [9.17, 15) is 13.2 Å². The molecule has 7 nitrogen and oxygen atoms in total. The quantitative estimate of drug-likeness (QED) is 0.433. The Hall–Kier alpha value is -3.20. The first-order valence-electron chi connectivity index (χ1n) is 11.7. The summed E-state index contributed by atoms with van der Waals surface area (Å²) < 4.78 is 26.2. The monoisotopic (exact) mass is 524 g/mol. The van der Waals surface area contributed by atoms with Crippen molar-refractivity contribution >= 4 is 38.9 Å². The molecule has 0 saturated carbocycles. The fraction of sp³-hybridized carbons (Fsp3) is 0.259. The highest BCUT2D eigenvalue weighted by Gasteiger charge is 2.20. The van der Waals surface area contributed by atoms with Crippen molar-refractivity contribution in [3.63, 3.8) is 0 Å². The van der Waals surface area contributed by atoms with E-state index in [4.69, 9.17) is 11.6 Å². The van der Waals surface area contributed by atoms with Crippen molar-refractivity contribution in [1.29, 1.82) is 0 Å². The van der Waals surface area contributed by atoms with Crippen molar-refractivity contribution in [2.45, 2.75) is 25.9 Å². The number of halogens is 1. The van der Waals surface area contributed by atoms with Crippen LogP contribution in [0, 0.1) is 0 Å². The van der Waals surface area contributed by atoms with Gasteiger partial charge in [0.1, 0.15) is 0 Å². The number of anilines is 1. The minimum atomic E-state index is -3.57. The normalized spacial score (nSPS) is 14.3. The van der Waals surface area contributed by atoms with Crippen LogP contribution in [0.5, 0.6) is 0 Å². The maximum Gasteiger partial charge on any atom is 0.271 e. The maximum absolute atomic E-state index is 12.6. The number of rotatable bonds is 8. The molecular formula is C27H29ClN4O3S. The zero-order valence-electron chi connectivity index (χ0n) is 20.1. The van der Waals surface area contributed by atoms with Crippen LogP contribution < -0.4 is 9.73 Å². The molecule has 1 saturated heterocycles. The number of hydrogen-bond donors (Lipinski definition) is 1. The van der Waals surface area contributed by atoms with Crippen molar-refractivity contribution in [2.24, 2.45) is 5.10 Å². The third-order valence-corrected chi connectivity index (χ3v) is 7.60. The summed E-state index contributed by atoms with van der Waals surface area (Å²) in [7, 11) is -3.57. The van der Waals surface area contributed by atoms with Gasteiger partial charge in [0.2, 0.25) is 10.0 Å². The number of benzene rings is 3. The van der Waals surface area contributed by atoms with Gasteiger partial charge in [-0.25, -0.2) is 13.8 Å². The fourth-order valence-electron chi connectivity index (χ4n) is 4.08. The molecule has 3 aromatic carbocycles. The maximum atomic E-state index is 12.6. The van der Waals surface area contributed by atoms with E-state index in [1.807, 2.05) is 24.3 Å². The number of nitrogens with one attached hydrogen (secondary N) is 1. The predicted molar refractivity (Wildman–Crippen MR) is 145 cm³/mol. The third kappa shape index (κ3) is 6.94. The molecule has 0 atom stereocenters. The van der Waals surface area contributed by atoms with E-state index in [0.29, 0.717) is 21.8 Å². The SMILES string of the molecule is CS(=O)(=O)N(Cc1ccccc1Cl)c1ccc(C(=O)NN=C2CCN(Cc3ccccc3)CC2)cc1. The Bertz CT molecular complexity index is 1320. The molecule has 0 aliphatic carbocycles. The number of piperidine rings is 1. The first-order chi connectivity index (χ1) is 17.3. The molecule has 3 aromatic rings. The number of hydrogen-bond acceptors (Lipinski definition) is 5. The molecule has 36 heavy (non-hydrogen) atoms. The molecule has 0 unspecified atom stereocenters. The van der Waals surface area contributed by atoms with Crippen molar-refractivity contribution in [1.82, 2.24) is 10.3 Å². The molecule has 188 valence electrons. The summed E-state index contributed by atoms with van der Waals surface area (Å²) in [5.41, 5.74) is 6.43. The van der Waals surface area contributed by atoms with Crippen LogP contribution in [-0.4, -0.2) is 44.3 Å². The summed E-state index contributed by atoms with van der Waals surface area (Å²) in [6.45, 7) is 2.79. The number of nitrogens with zero attached hydrogens (tertiary/aromatic N) is 3. The van der Waals surface area contributed by atoms with Crippen LogP contribution in [0.3, 0.4) is 0 Å². The smallest absolute Gasteiger partial charge is 0.271 e. The van der Waals surface area contributed by atoms with Gasteiger partial charge in [-0.05, 0) is 41.5 Å². The minimum absolute atomic E-state index is 0.0962. The van der Waals surface area contributed by atoms with E-state index in [1.165, 1.54) is 9.87 Å². The van der Waals surface area contributed by atoms with Crippen LogP contribution >= 0.6 is 11.6 Å². The molecule has 1 aliphatic rings. The van der Waals surface area contributed by atoms with Crippen molar-refractivity contribution in [3.8, 4) is 0 Å². The lowest BCUT2D eigenvalue weighted by molar-refractivity contribution is 0.0954. The van der Waals surface area contributed by atoms with E-state index in [1.54, 1.807) is 42.5 Å². The topological polar surface area (TPSA) is 82.1 Å². The zero-order valence-corrected chi connectivity index (χ0v) is 21.7. The van der Waals surface area contributed by atoms with Crippen LogP contribution in [0.25, 0.3) is 0 Å². The lowest BCUT2D eigenvalue weighted by Gasteiger charge is -2.27. The first kappa shape index (κ1) is 25.9. The summed E-state index contributed by atoms with van der Waals surface area (Å²) in [6, 6.07) is 23.9. The lowest BCUT2D eigenvalue weighted by Crippen LogP contribution is -2.34. The van der Waals surface area contributed by atoms with Gasteiger partial charge < -0.3 is 0 Å². The highest BCUT2D eigenvalue weighted by Crippen LogP contribution is 2.24. The third-order valence-electron chi connectivity index (χ3n) is 6.09. The Labute approximate surface area is 217 Å². The molecule has 0 bridgehead atoms. The Balaban J connectivity index is 1.35. The van der Waals surface area contributed by atoms with Crippen molar-refractivity contribution in [2.75, 3.05) is 23.7 Å². The van der Waals surface area contributed by atoms with E-state index < -0.39 is 10.0 Å². The highest BCUT2D eigenvalue weighted by atomic mass is 35.5. The molecule has 1 heterocycles. The second-order valence-corrected chi connectivity index (χ2v) is 11.1. The minimum Gasteiger partial charge on any atom is -0.298 e. The van der Waals surface area contributed by atoms with Gasteiger partial charge in [0.05, 0.1) is 18.5 Å². The number of likely N-dealkylation sites (tertiary alicyclic amines) is 1. The number of amides is 1. The first-order valence-corrected chi connectivity index (χ1v) is 14.0. The lowest BCUT2D eigenvalue weighted by atomic mass is 10.1. The molecule has 0 aromatic heterocycles. The van der Waals surface area contributed by atoms with Crippen molar-refractivity contribution < 1.29 is 13.2 Å². The van der Waals surface area contributed by atoms with Gasteiger partial charge in [-0.2, -0.15) is 5.10 Å². The summed E-state index contributed by atoms with van der Waals surface area (Å²) in [5, 5.41) is 4.83. The van der Waals surface area contributed by atoms with Crippen LogP contribution in [0.4, 0.5) is 5.69 Å². The van der Waals surface area contributed by atoms with Crippen LogP contribution in [0.15, 0.2) is 84.0 Å². The van der Waals surface area contributed by atoms with E-state index >= 15 is 0 Å². The summed E-state index contributed by atoms with van der Waals surface area (Å²) in [5.74, 6) is -0.335. The molecule has 9 heteroatoms. The summed E-state index contributed by atoms with van der Waals surface area (Å²) in [6.07, 6.45) is 2.75. The zero-order chi connectivity index (χ0) is 25.5. The molecule has 1 amide bonds. The molecule has 0 spiro atoms. The van der Waals surface area contributed by atoms with Crippen LogP contribution in [0.2, 0.25) is 5.02 Å². The Kier molecular flexibility index (Phi) is 8.40. The second-order valence-electron chi connectivity index (χ2n) is 8.79. The van der Waals surface area contributed by atoms with Crippen LogP contribution in [0.1, 0.15) is 34.3 Å². The van der Waals surface area contributed by atoms with E-state index in [-0.39, 0.29) is 12.5 Å². The average Bonchev–Trinajstić information content (AvgIpc) is 2.88. The van der Waals surface area contributed by atoms with Gasteiger partial charge in [-0.3, -0.25) is 14.0 Å². The van der Waals surface area contributed by atoms with E-state index in [0.717, 1.165) is 44.4 Å². The van der Waals surface area contributed by atoms with Gasteiger partial charge >= 0.3 is 0 Å². The van der Waals surface area contributed by atoms with E-state index in [2.05, 4.69) is 27.6 Å². The molecule has 1 N–H and O–H groups in total. The second kappa shape index (κ2) is 11.7. The standard InChI is InChI=1S/C27H29ClN4O3S/c1-36(34,35)32(20-23-9-5-6-10-26(23)28)25-13-11-22(12-14-25)27(33)30-29-24-15-17-31(18-16-24)19-21-7-3-2-4-8-21/h2-14H,15-20H2,1H3,(H,30,33). The fourth-order valence-corrected chi connectivity index (χ4v) is 5.15. The summed E-state index contributed by atoms with van der Waals surface area (Å²) in [4.78, 5) is 15.0. The van der Waals surface area contributed by atoms with Gasteiger partial charge in [-0.1, -0.05) is 60.1 Å². The molecular weight excluding hydrogens is 496 g/mol. The largest absolute Gasteiger partial charge is 0.298 e. The Morgan fingerprint density at radius 2 is 1.61 bits per heavy atom. The molecule has 4 rings (SSSR count). The van der Waals surface area contributed by atoms with Crippen LogP contribution in [-0.2, 0) is 23.1 Å². The summed E-state index contributed by atoms with van der Waals surface area (Å²) >= 11 is 6.23. The highest BCUT2D eigenvalue weighted by molar-refractivity contribution is 7.92.